The van der Waals surface area contributed by atoms with E-state index in [0.29, 0.717) is 45.3 Å². The summed E-state index contributed by atoms with van der Waals surface area (Å²) in [5, 5.41) is 13.1. The lowest BCUT2D eigenvalue weighted by Crippen LogP contribution is -2.38. The molecule has 1 unspecified atom stereocenters. The predicted molar refractivity (Wildman–Crippen MR) is 150 cm³/mol. The molecule has 2 aliphatic heterocycles. The van der Waals surface area contributed by atoms with Crippen molar-refractivity contribution in [3.05, 3.63) is 60.3 Å². The first-order valence-electron chi connectivity index (χ1n) is 13.6. The molecule has 0 amide bonds. The molecule has 0 radical (unpaired) electrons. The average Bonchev–Trinajstić information content (AvgIpc) is 3.43. The summed E-state index contributed by atoms with van der Waals surface area (Å²) in [6.07, 6.45) is 4.13. The topological polar surface area (TPSA) is 126 Å². The third-order valence-electron chi connectivity index (χ3n) is 7.13. The van der Waals surface area contributed by atoms with Gasteiger partial charge in [-0.2, -0.15) is 0 Å². The lowest BCUT2D eigenvalue weighted by molar-refractivity contribution is -0.142. The Balaban J connectivity index is 1.35. The number of hydrogen-bond donors (Lipinski definition) is 3. The molecule has 2 aliphatic rings. The number of carboxylic acid groups (broad SMARTS) is 1. The Morgan fingerprint density at radius 2 is 1.95 bits per heavy atom. The molecule has 4 N–H and O–H groups in total. The minimum absolute atomic E-state index is 0.448. The van der Waals surface area contributed by atoms with Gasteiger partial charge in [0, 0.05) is 42.8 Å². The summed E-state index contributed by atoms with van der Waals surface area (Å²) < 4.78 is 11.3. The van der Waals surface area contributed by atoms with Crippen molar-refractivity contribution >= 4 is 23.3 Å². The number of nitrogens with two attached hydrogens (primary N) is 1. The van der Waals surface area contributed by atoms with Crippen molar-refractivity contribution in [1.82, 2.24) is 14.9 Å². The summed E-state index contributed by atoms with van der Waals surface area (Å²) >= 11 is 0. The van der Waals surface area contributed by atoms with Crippen LogP contribution in [-0.4, -0.2) is 78.0 Å². The number of morpholine rings is 1. The molecule has 10 nitrogen and oxygen atoms in total. The summed E-state index contributed by atoms with van der Waals surface area (Å²) in [6, 6.07) is 15.5. The van der Waals surface area contributed by atoms with E-state index in [1.54, 1.807) is 6.20 Å². The van der Waals surface area contributed by atoms with Crippen LogP contribution in [-0.2, 0) is 16.1 Å². The SMILES string of the molecule is NCCCOc1ccc(-c2ccnc(Nc3ccc(N4CCOCC4)c(CN4CCCC4C(=O)O)c3)n2)cc1. The van der Waals surface area contributed by atoms with Gasteiger partial charge in [0.25, 0.3) is 0 Å². The maximum absolute atomic E-state index is 11.8. The number of hydrogen-bond acceptors (Lipinski definition) is 9. The Bertz CT molecular complexity index is 1250. The predicted octanol–water partition coefficient (Wildman–Crippen LogP) is 3.50. The van der Waals surface area contributed by atoms with E-state index in [9.17, 15) is 9.90 Å². The molecule has 1 atom stereocenters. The zero-order valence-corrected chi connectivity index (χ0v) is 22.1. The summed E-state index contributed by atoms with van der Waals surface area (Å²) in [7, 11) is 0. The third kappa shape index (κ3) is 6.83. The largest absolute Gasteiger partial charge is 0.494 e. The fraction of sp³-hybridized carbons (Fsp3) is 0.414. The molecule has 2 fully saturated rings. The quantitative estimate of drug-likeness (QED) is 0.316. The molecule has 10 heteroatoms. The van der Waals surface area contributed by atoms with E-state index in [1.165, 1.54) is 0 Å². The molecule has 0 saturated carbocycles. The van der Waals surface area contributed by atoms with Crippen LogP contribution in [0.2, 0.25) is 0 Å². The highest BCUT2D eigenvalue weighted by Gasteiger charge is 2.31. The van der Waals surface area contributed by atoms with E-state index in [2.05, 4.69) is 32.2 Å². The van der Waals surface area contributed by atoms with E-state index < -0.39 is 12.0 Å². The Morgan fingerprint density at radius 3 is 2.72 bits per heavy atom. The molecule has 0 aliphatic carbocycles. The van der Waals surface area contributed by atoms with Crippen molar-refractivity contribution < 1.29 is 19.4 Å². The van der Waals surface area contributed by atoms with E-state index >= 15 is 0 Å². The van der Waals surface area contributed by atoms with Crippen LogP contribution in [0.5, 0.6) is 5.75 Å². The van der Waals surface area contributed by atoms with E-state index in [0.717, 1.165) is 66.4 Å². The van der Waals surface area contributed by atoms with Crippen LogP contribution in [0.15, 0.2) is 54.7 Å². The molecular formula is C29H36N6O4. The van der Waals surface area contributed by atoms with Gasteiger partial charge in [0.05, 0.1) is 25.5 Å². The average molecular weight is 533 g/mol. The van der Waals surface area contributed by atoms with Gasteiger partial charge in [-0.15, -0.1) is 0 Å². The zero-order valence-electron chi connectivity index (χ0n) is 22.1. The summed E-state index contributed by atoms with van der Waals surface area (Å²) in [5.74, 6) is 0.538. The van der Waals surface area contributed by atoms with Crippen LogP contribution in [0.3, 0.4) is 0 Å². The van der Waals surface area contributed by atoms with Crippen LogP contribution in [0.1, 0.15) is 24.8 Å². The molecule has 0 spiro atoms. The van der Waals surface area contributed by atoms with Gasteiger partial charge in [0.15, 0.2) is 0 Å². The molecular weight excluding hydrogens is 496 g/mol. The van der Waals surface area contributed by atoms with Gasteiger partial charge in [0.1, 0.15) is 11.8 Å². The number of aromatic nitrogens is 2. The first-order chi connectivity index (χ1) is 19.1. The van der Waals surface area contributed by atoms with Crippen LogP contribution < -0.4 is 20.7 Å². The van der Waals surface area contributed by atoms with Crippen LogP contribution >= 0.6 is 0 Å². The summed E-state index contributed by atoms with van der Waals surface area (Å²) in [5.41, 5.74) is 10.3. The molecule has 0 bridgehead atoms. The molecule has 2 saturated heterocycles. The Kier molecular flexibility index (Phi) is 8.87. The first-order valence-corrected chi connectivity index (χ1v) is 13.6. The van der Waals surface area contributed by atoms with Crippen LogP contribution in [0, 0.1) is 0 Å². The third-order valence-corrected chi connectivity index (χ3v) is 7.13. The fourth-order valence-electron chi connectivity index (χ4n) is 5.12. The second kappa shape index (κ2) is 12.9. The van der Waals surface area contributed by atoms with Crippen molar-refractivity contribution in [2.75, 3.05) is 56.2 Å². The molecule has 39 heavy (non-hydrogen) atoms. The minimum atomic E-state index is -0.755. The second-order valence-corrected chi connectivity index (χ2v) is 9.82. The molecule has 2 aromatic carbocycles. The van der Waals surface area contributed by atoms with E-state index in [1.807, 2.05) is 36.4 Å². The van der Waals surface area contributed by atoms with E-state index in [4.69, 9.17) is 20.2 Å². The summed E-state index contributed by atoms with van der Waals surface area (Å²) in [6.45, 7) is 5.53. The molecule has 206 valence electrons. The van der Waals surface area contributed by atoms with Crippen molar-refractivity contribution in [2.45, 2.75) is 31.8 Å². The summed E-state index contributed by atoms with van der Waals surface area (Å²) in [4.78, 5) is 25.4. The minimum Gasteiger partial charge on any atom is -0.494 e. The smallest absolute Gasteiger partial charge is 0.320 e. The standard InChI is InChI=1S/C29H36N6O4/c30-11-2-16-39-24-7-4-21(5-8-24)25-10-12-31-29(33-25)32-23-6-9-26(34-14-17-38-18-15-34)22(19-23)20-35-13-1-3-27(35)28(36)37/h4-10,12,19,27H,1-3,11,13-18,20,30H2,(H,36,37)(H,31,32,33). The van der Waals surface area contributed by atoms with Crippen molar-refractivity contribution in [3.8, 4) is 17.0 Å². The lowest BCUT2D eigenvalue weighted by atomic mass is 10.1. The normalized spacial score (nSPS) is 17.8. The van der Waals surface area contributed by atoms with Crippen molar-refractivity contribution in [2.24, 2.45) is 5.73 Å². The van der Waals surface area contributed by atoms with Crippen LogP contribution in [0.4, 0.5) is 17.3 Å². The number of carboxylic acids is 1. The maximum atomic E-state index is 11.8. The van der Waals surface area contributed by atoms with Gasteiger partial charge in [-0.3, -0.25) is 9.69 Å². The number of rotatable bonds is 11. The molecule has 3 heterocycles. The molecule has 5 rings (SSSR count). The number of aliphatic carboxylic acids is 1. The first kappa shape index (κ1) is 26.9. The van der Waals surface area contributed by atoms with E-state index in [-0.39, 0.29) is 0 Å². The number of benzene rings is 2. The number of ether oxygens (including phenoxy) is 2. The Labute approximate surface area is 228 Å². The molecule has 1 aromatic heterocycles. The van der Waals surface area contributed by atoms with Gasteiger partial charge >= 0.3 is 5.97 Å². The van der Waals surface area contributed by atoms with Gasteiger partial charge in [-0.1, -0.05) is 0 Å². The Morgan fingerprint density at radius 1 is 1.13 bits per heavy atom. The number of nitrogens with zero attached hydrogens (tertiary/aromatic N) is 4. The van der Waals surface area contributed by atoms with Gasteiger partial charge < -0.3 is 30.5 Å². The zero-order chi connectivity index (χ0) is 27.0. The van der Waals surface area contributed by atoms with Gasteiger partial charge in [-0.05, 0) is 86.4 Å². The Hall–Kier alpha value is -3.73. The second-order valence-electron chi connectivity index (χ2n) is 9.82. The highest BCUT2D eigenvalue weighted by molar-refractivity contribution is 5.74. The van der Waals surface area contributed by atoms with Crippen LogP contribution in [0.25, 0.3) is 11.3 Å². The maximum Gasteiger partial charge on any atom is 0.320 e. The number of anilines is 3. The number of carbonyl (C=O) groups is 1. The fourth-order valence-corrected chi connectivity index (χ4v) is 5.12. The highest BCUT2D eigenvalue weighted by Crippen LogP contribution is 2.30. The lowest BCUT2D eigenvalue weighted by Gasteiger charge is -2.32. The van der Waals surface area contributed by atoms with Gasteiger partial charge in [-0.25, -0.2) is 9.97 Å². The number of nitrogens with one attached hydrogen (secondary N) is 1. The molecule has 3 aromatic rings. The van der Waals surface area contributed by atoms with Crippen molar-refractivity contribution in [3.63, 3.8) is 0 Å². The monoisotopic (exact) mass is 532 g/mol. The van der Waals surface area contributed by atoms with Crippen molar-refractivity contribution in [1.29, 1.82) is 0 Å². The highest BCUT2D eigenvalue weighted by atomic mass is 16.5. The van der Waals surface area contributed by atoms with Gasteiger partial charge in [0.2, 0.25) is 5.95 Å². The number of likely N-dealkylation sites (tertiary alicyclic amines) is 1.